The van der Waals surface area contributed by atoms with Gasteiger partial charge in [-0.05, 0) is 38.1 Å². The first-order chi connectivity index (χ1) is 10.5. The van der Waals surface area contributed by atoms with Crippen LogP contribution in [0.4, 0.5) is 0 Å². The number of carbonyl (C=O) groups is 1. The van der Waals surface area contributed by atoms with E-state index in [-0.39, 0.29) is 11.9 Å². The van der Waals surface area contributed by atoms with E-state index >= 15 is 0 Å². The van der Waals surface area contributed by atoms with Gasteiger partial charge >= 0.3 is 0 Å². The van der Waals surface area contributed by atoms with Crippen LogP contribution in [-0.2, 0) is 0 Å². The maximum Gasteiger partial charge on any atom is 0.253 e. The maximum atomic E-state index is 12.2. The van der Waals surface area contributed by atoms with E-state index < -0.39 is 0 Å². The number of nitrogens with one attached hydrogen (secondary N) is 1. The molecule has 0 saturated carbocycles. The smallest absolute Gasteiger partial charge is 0.253 e. The van der Waals surface area contributed by atoms with Crippen LogP contribution in [0.25, 0.3) is 0 Å². The fourth-order valence-corrected chi connectivity index (χ4v) is 2.14. The molecule has 1 N–H and O–H groups in total. The quantitative estimate of drug-likeness (QED) is 0.922. The molecule has 0 aliphatic heterocycles. The number of benzene rings is 1. The minimum absolute atomic E-state index is 0.169. The first-order valence-corrected chi connectivity index (χ1v) is 7.00. The number of rotatable bonds is 5. The van der Waals surface area contributed by atoms with Crippen molar-refractivity contribution >= 4 is 5.91 Å². The van der Waals surface area contributed by atoms with Crippen molar-refractivity contribution < 1.29 is 14.3 Å². The van der Waals surface area contributed by atoms with Crippen molar-refractivity contribution in [2.75, 3.05) is 14.2 Å². The van der Waals surface area contributed by atoms with Gasteiger partial charge in [0.2, 0.25) is 0 Å². The second-order valence-electron chi connectivity index (χ2n) is 4.99. The Morgan fingerprint density at radius 3 is 2.55 bits per heavy atom. The van der Waals surface area contributed by atoms with Crippen LogP contribution < -0.4 is 14.8 Å². The number of nitrogens with zero attached hydrogens (tertiary/aromatic N) is 1. The van der Waals surface area contributed by atoms with Gasteiger partial charge in [0.15, 0.2) is 0 Å². The Hall–Kier alpha value is -2.56. The highest BCUT2D eigenvalue weighted by atomic mass is 16.5. The van der Waals surface area contributed by atoms with Crippen LogP contribution in [0, 0.1) is 6.92 Å². The lowest BCUT2D eigenvalue weighted by Gasteiger charge is -2.18. The number of methoxy groups -OCH3 is 2. The van der Waals surface area contributed by atoms with Crippen molar-refractivity contribution in [1.29, 1.82) is 0 Å². The van der Waals surface area contributed by atoms with Crippen LogP contribution in [0.15, 0.2) is 36.5 Å². The fourth-order valence-electron chi connectivity index (χ4n) is 2.14. The number of hydrogen-bond acceptors (Lipinski definition) is 4. The van der Waals surface area contributed by atoms with Gasteiger partial charge in [0.1, 0.15) is 11.5 Å². The standard InChI is InChI=1S/C17H20N2O3/c1-11-5-6-13(10-18-11)17(20)19-12(2)15-8-7-14(21-3)9-16(15)22-4/h5-10,12H,1-4H3,(H,19,20). The highest BCUT2D eigenvalue weighted by Crippen LogP contribution is 2.29. The molecule has 1 amide bonds. The lowest BCUT2D eigenvalue weighted by atomic mass is 10.1. The molecule has 0 radical (unpaired) electrons. The molecule has 1 atom stereocenters. The molecule has 5 nitrogen and oxygen atoms in total. The summed E-state index contributed by atoms with van der Waals surface area (Å²) in [5.74, 6) is 1.22. The summed E-state index contributed by atoms with van der Waals surface area (Å²) < 4.78 is 10.5. The molecule has 0 spiro atoms. The molecule has 0 aliphatic carbocycles. The molecule has 1 aromatic carbocycles. The van der Waals surface area contributed by atoms with E-state index in [4.69, 9.17) is 9.47 Å². The third kappa shape index (κ3) is 3.55. The molecule has 2 aromatic rings. The lowest BCUT2D eigenvalue weighted by Crippen LogP contribution is -2.27. The van der Waals surface area contributed by atoms with Crippen molar-refractivity contribution in [1.82, 2.24) is 10.3 Å². The van der Waals surface area contributed by atoms with E-state index in [9.17, 15) is 4.79 Å². The molecule has 1 aromatic heterocycles. The molecule has 1 unspecified atom stereocenters. The Morgan fingerprint density at radius 2 is 1.95 bits per heavy atom. The Bertz CT molecular complexity index is 653. The van der Waals surface area contributed by atoms with E-state index in [0.717, 1.165) is 11.3 Å². The van der Waals surface area contributed by atoms with Crippen LogP contribution in [0.3, 0.4) is 0 Å². The monoisotopic (exact) mass is 300 g/mol. The molecule has 22 heavy (non-hydrogen) atoms. The number of aromatic nitrogens is 1. The van der Waals surface area contributed by atoms with Crippen molar-refractivity contribution in [2.24, 2.45) is 0 Å². The predicted octanol–water partition coefficient (Wildman–Crippen LogP) is 2.90. The van der Waals surface area contributed by atoms with Gasteiger partial charge in [0.05, 0.1) is 25.8 Å². The Labute approximate surface area is 130 Å². The average molecular weight is 300 g/mol. The predicted molar refractivity (Wildman–Crippen MR) is 84.4 cm³/mol. The maximum absolute atomic E-state index is 12.2. The van der Waals surface area contributed by atoms with Crippen LogP contribution >= 0.6 is 0 Å². The number of amides is 1. The zero-order chi connectivity index (χ0) is 16.1. The third-order valence-corrected chi connectivity index (χ3v) is 3.43. The molecule has 0 aliphatic rings. The number of hydrogen-bond donors (Lipinski definition) is 1. The van der Waals surface area contributed by atoms with Crippen molar-refractivity contribution in [3.8, 4) is 11.5 Å². The van der Waals surface area contributed by atoms with E-state index in [1.807, 2.05) is 32.0 Å². The highest BCUT2D eigenvalue weighted by Gasteiger charge is 2.16. The Morgan fingerprint density at radius 1 is 1.18 bits per heavy atom. The van der Waals surface area contributed by atoms with Gasteiger partial charge in [-0.25, -0.2) is 0 Å². The summed E-state index contributed by atoms with van der Waals surface area (Å²) in [5, 5.41) is 2.94. The van der Waals surface area contributed by atoms with E-state index in [1.54, 1.807) is 32.5 Å². The van der Waals surface area contributed by atoms with Crippen molar-refractivity contribution in [3.05, 3.63) is 53.3 Å². The topological polar surface area (TPSA) is 60.5 Å². The molecular weight excluding hydrogens is 280 g/mol. The summed E-state index contributed by atoms with van der Waals surface area (Å²) in [6.45, 7) is 3.79. The van der Waals surface area contributed by atoms with Crippen molar-refractivity contribution in [3.63, 3.8) is 0 Å². The summed E-state index contributed by atoms with van der Waals surface area (Å²) in [6.07, 6.45) is 1.57. The van der Waals surface area contributed by atoms with E-state index in [1.165, 1.54) is 0 Å². The van der Waals surface area contributed by atoms with Crippen LogP contribution in [0.5, 0.6) is 11.5 Å². The first-order valence-electron chi connectivity index (χ1n) is 7.00. The second-order valence-corrected chi connectivity index (χ2v) is 4.99. The fraction of sp³-hybridized carbons (Fsp3) is 0.294. The zero-order valence-corrected chi connectivity index (χ0v) is 13.2. The number of ether oxygens (including phenoxy) is 2. The van der Waals surface area contributed by atoms with Crippen molar-refractivity contribution in [2.45, 2.75) is 19.9 Å². The zero-order valence-electron chi connectivity index (χ0n) is 13.2. The van der Waals surface area contributed by atoms with Crippen LogP contribution in [0.2, 0.25) is 0 Å². The number of pyridine rings is 1. The van der Waals surface area contributed by atoms with Gasteiger partial charge in [-0.15, -0.1) is 0 Å². The molecule has 5 heteroatoms. The van der Waals surface area contributed by atoms with Gasteiger partial charge in [-0.2, -0.15) is 0 Å². The summed E-state index contributed by atoms with van der Waals surface area (Å²) >= 11 is 0. The minimum Gasteiger partial charge on any atom is -0.497 e. The first kappa shape index (κ1) is 15.8. The van der Waals surface area contributed by atoms with Gasteiger partial charge in [0, 0.05) is 23.5 Å². The molecule has 0 bridgehead atoms. The van der Waals surface area contributed by atoms with E-state index in [0.29, 0.717) is 17.1 Å². The summed E-state index contributed by atoms with van der Waals surface area (Å²) in [6, 6.07) is 8.90. The van der Waals surface area contributed by atoms with Gasteiger partial charge in [0.25, 0.3) is 5.91 Å². The van der Waals surface area contributed by atoms with Gasteiger partial charge < -0.3 is 14.8 Å². The number of carbonyl (C=O) groups excluding carboxylic acids is 1. The molecule has 2 rings (SSSR count). The summed E-state index contributed by atoms with van der Waals surface area (Å²) in [5.41, 5.74) is 2.29. The third-order valence-electron chi connectivity index (χ3n) is 3.43. The van der Waals surface area contributed by atoms with E-state index in [2.05, 4.69) is 10.3 Å². The van der Waals surface area contributed by atoms with Gasteiger partial charge in [-0.3, -0.25) is 9.78 Å². The molecule has 0 saturated heterocycles. The minimum atomic E-state index is -0.199. The Balaban J connectivity index is 2.16. The summed E-state index contributed by atoms with van der Waals surface area (Å²) in [7, 11) is 3.20. The molecule has 1 heterocycles. The Kier molecular flexibility index (Phi) is 4.99. The SMILES string of the molecule is COc1ccc(C(C)NC(=O)c2ccc(C)nc2)c(OC)c1. The highest BCUT2D eigenvalue weighted by molar-refractivity contribution is 5.94. The van der Waals surface area contributed by atoms with Crippen LogP contribution in [0.1, 0.15) is 34.6 Å². The van der Waals surface area contributed by atoms with Gasteiger partial charge in [-0.1, -0.05) is 0 Å². The number of aryl methyl sites for hydroxylation is 1. The normalized spacial score (nSPS) is 11.6. The summed E-state index contributed by atoms with van der Waals surface area (Å²) in [4.78, 5) is 16.4. The largest absolute Gasteiger partial charge is 0.497 e. The molecule has 116 valence electrons. The lowest BCUT2D eigenvalue weighted by molar-refractivity contribution is 0.0939. The molecule has 0 fully saturated rings. The average Bonchev–Trinajstić information content (AvgIpc) is 2.54. The van der Waals surface area contributed by atoms with Crippen LogP contribution in [-0.4, -0.2) is 25.1 Å². The second kappa shape index (κ2) is 6.93. The molecular formula is C17H20N2O3.